The normalized spacial score (nSPS) is 12.9. The Bertz CT molecular complexity index is 161. The van der Waals surface area contributed by atoms with Crippen LogP contribution >= 0.6 is 0 Å². The second kappa shape index (κ2) is 7.76. The summed E-state index contributed by atoms with van der Waals surface area (Å²) in [6.45, 7) is 3.43. The van der Waals surface area contributed by atoms with Crippen molar-refractivity contribution < 1.29 is 14.6 Å². The van der Waals surface area contributed by atoms with Crippen LogP contribution < -0.4 is 0 Å². The molecule has 1 unspecified atom stereocenters. The molecule has 14 heavy (non-hydrogen) atoms. The molecule has 0 bridgehead atoms. The number of carbonyl (C=O) groups excluding carboxylic acids is 1. The molecule has 0 radical (unpaired) electrons. The standard InChI is InChI=1S/C10H21NO3/c1-4-9(12)8-11(2)7-5-6-10(13)14-3/h9,12H,4-8H2,1-3H3. The molecule has 4 nitrogen and oxygen atoms in total. The minimum absolute atomic E-state index is 0.172. The van der Waals surface area contributed by atoms with Gasteiger partial charge in [0.25, 0.3) is 0 Å². The van der Waals surface area contributed by atoms with E-state index in [4.69, 9.17) is 0 Å². The van der Waals surface area contributed by atoms with Gasteiger partial charge < -0.3 is 14.7 Å². The van der Waals surface area contributed by atoms with Crippen molar-refractivity contribution in [2.75, 3.05) is 27.2 Å². The van der Waals surface area contributed by atoms with Crippen molar-refractivity contribution in [3.63, 3.8) is 0 Å². The van der Waals surface area contributed by atoms with Crippen molar-refractivity contribution in [1.29, 1.82) is 0 Å². The Labute approximate surface area is 85.9 Å². The van der Waals surface area contributed by atoms with Crippen molar-refractivity contribution in [2.45, 2.75) is 32.3 Å². The average molecular weight is 203 g/mol. The summed E-state index contributed by atoms with van der Waals surface area (Å²) in [4.78, 5) is 12.8. The summed E-state index contributed by atoms with van der Waals surface area (Å²) in [6, 6.07) is 0. The van der Waals surface area contributed by atoms with Crippen molar-refractivity contribution in [3.05, 3.63) is 0 Å². The highest BCUT2D eigenvalue weighted by Crippen LogP contribution is 1.98. The fourth-order valence-electron chi connectivity index (χ4n) is 1.18. The SMILES string of the molecule is CCC(O)CN(C)CCCC(=O)OC. The third-order valence-electron chi connectivity index (χ3n) is 2.14. The number of esters is 1. The number of hydrogen-bond donors (Lipinski definition) is 1. The van der Waals surface area contributed by atoms with Crippen LogP contribution in [0, 0.1) is 0 Å². The van der Waals surface area contributed by atoms with E-state index in [2.05, 4.69) is 4.74 Å². The summed E-state index contributed by atoms with van der Waals surface area (Å²) in [5, 5.41) is 9.35. The Morgan fingerprint density at radius 2 is 2.21 bits per heavy atom. The van der Waals surface area contributed by atoms with Gasteiger partial charge in [-0.2, -0.15) is 0 Å². The highest BCUT2D eigenvalue weighted by Gasteiger charge is 2.06. The zero-order chi connectivity index (χ0) is 11.0. The molecule has 0 rings (SSSR count). The molecular formula is C10H21NO3. The molecule has 0 aliphatic heterocycles. The predicted octanol–water partition coefficient (Wildman–Crippen LogP) is 0.642. The molecule has 84 valence electrons. The number of nitrogens with zero attached hydrogens (tertiary/aromatic N) is 1. The van der Waals surface area contributed by atoms with E-state index in [1.54, 1.807) is 0 Å². The van der Waals surface area contributed by atoms with E-state index in [1.807, 2.05) is 18.9 Å². The van der Waals surface area contributed by atoms with Gasteiger partial charge in [0.2, 0.25) is 0 Å². The monoisotopic (exact) mass is 203 g/mol. The van der Waals surface area contributed by atoms with Crippen molar-refractivity contribution in [2.24, 2.45) is 0 Å². The van der Waals surface area contributed by atoms with Gasteiger partial charge in [-0.3, -0.25) is 4.79 Å². The lowest BCUT2D eigenvalue weighted by Crippen LogP contribution is -2.29. The lowest BCUT2D eigenvalue weighted by molar-refractivity contribution is -0.140. The Balaban J connectivity index is 3.44. The number of rotatable bonds is 7. The number of likely N-dealkylation sites (N-methyl/N-ethyl adjacent to an activating group) is 1. The topological polar surface area (TPSA) is 49.8 Å². The minimum atomic E-state index is -0.266. The summed E-state index contributed by atoms with van der Waals surface area (Å²) < 4.78 is 4.53. The van der Waals surface area contributed by atoms with Crippen LogP contribution in [-0.2, 0) is 9.53 Å². The Morgan fingerprint density at radius 3 is 2.71 bits per heavy atom. The molecule has 1 atom stereocenters. The summed E-state index contributed by atoms with van der Waals surface area (Å²) in [5.41, 5.74) is 0. The highest BCUT2D eigenvalue weighted by atomic mass is 16.5. The second-order valence-corrected chi connectivity index (χ2v) is 3.50. The van der Waals surface area contributed by atoms with Crippen LogP contribution in [0.2, 0.25) is 0 Å². The molecule has 0 aromatic heterocycles. The van der Waals surface area contributed by atoms with Gasteiger partial charge in [0.15, 0.2) is 0 Å². The number of methoxy groups -OCH3 is 1. The van der Waals surface area contributed by atoms with Crippen LogP contribution in [0.15, 0.2) is 0 Å². The summed E-state index contributed by atoms with van der Waals surface area (Å²) in [6.07, 6.45) is 1.72. The van der Waals surface area contributed by atoms with Crippen LogP contribution in [0.1, 0.15) is 26.2 Å². The molecule has 0 aromatic rings. The minimum Gasteiger partial charge on any atom is -0.469 e. The van der Waals surface area contributed by atoms with E-state index >= 15 is 0 Å². The van der Waals surface area contributed by atoms with Crippen LogP contribution in [0.5, 0.6) is 0 Å². The first kappa shape index (κ1) is 13.4. The lowest BCUT2D eigenvalue weighted by Gasteiger charge is -2.19. The van der Waals surface area contributed by atoms with Gasteiger partial charge in [-0.15, -0.1) is 0 Å². The molecule has 1 N–H and O–H groups in total. The Hall–Kier alpha value is -0.610. The average Bonchev–Trinajstić information content (AvgIpc) is 2.17. The summed E-state index contributed by atoms with van der Waals surface area (Å²) in [7, 11) is 3.34. The maximum Gasteiger partial charge on any atom is 0.305 e. The van der Waals surface area contributed by atoms with Crippen LogP contribution in [0.3, 0.4) is 0 Å². The van der Waals surface area contributed by atoms with Gasteiger partial charge in [-0.1, -0.05) is 6.92 Å². The van der Waals surface area contributed by atoms with E-state index in [0.717, 1.165) is 19.4 Å². The van der Waals surface area contributed by atoms with Gasteiger partial charge in [0, 0.05) is 13.0 Å². The van der Waals surface area contributed by atoms with Crippen LogP contribution in [0.25, 0.3) is 0 Å². The number of ether oxygens (including phenoxy) is 1. The number of hydrogen-bond acceptors (Lipinski definition) is 4. The van der Waals surface area contributed by atoms with Gasteiger partial charge in [0.1, 0.15) is 0 Å². The highest BCUT2D eigenvalue weighted by molar-refractivity contribution is 5.69. The molecule has 0 spiro atoms. The zero-order valence-corrected chi connectivity index (χ0v) is 9.32. The predicted molar refractivity (Wildman–Crippen MR) is 55.0 cm³/mol. The summed E-state index contributed by atoms with van der Waals surface area (Å²) in [5.74, 6) is -0.172. The summed E-state index contributed by atoms with van der Waals surface area (Å²) >= 11 is 0. The lowest BCUT2D eigenvalue weighted by atomic mass is 10.2. The van der Waals surface area contributed by atoms with Gasteiger partial charge >= 0.3 is 5.97 Å². The molecule has 0 heterocycles. The number of aliphatic hydroxyl groups excluding tert-OH is 1. The molecule has 0 saturated heterocycles. The fraction of sp³-hybridized carbons (Fsp3) is 0.900. The zero-order valence-electron chi connectivity index (χ0n) is 9.32. The maximum atomic E-state index is 10.8. The largest absolute Gasteiger partial charge is 0.469 e. The van der Waals surface area contributed by atoms with E-state index in [0.29, 0.717) is 13.0 Å². The third-order valence-corrected chi connectivity index (χ3v) is 2.14. The van der Waals surface area contributed by atoms with Crippen molar-refractivity contribution in [1.82, 2.24) is 4.90 Å². The molecule has 0 amide bonds. The smallest absolute Gasteiger partial charge is 0.305 e. The van der Waals surface area contributed by atoms with Gasteiger partial charge in [0.05, 0.1) is 13.2 Å². The quantitative estimate of drug-likeness (QED) is 0.617. The Morgan fingerprint density at radius 1 is 1.57 bits per heavy atom. The van der Waals surface area contributed by atoms with Crippen molar-refractivity contribution in [3.8, 4) is 0 Å². The molecule has 0 saturated carbocycles. The van der Waals surface area contributed by atoms with E-state index in [1.165, 1.54) is 7.11 Å². The number of carbonyl (C=O) groups is 1. The second-order valence-electron chi connectivity index (χ2n) is 3.50. The molecule has 0 aliphatic carbocycles. The number of aliphatic hydroxyl groups is 1. The van der Waals surface area contributed by atoms with E-state index in [9.17, 15) is 9.90 Å². The van der Waals surface area contributed by atoms with E-state index in [-0.39, 0.29) is 12.1 Å². The molecule has 0 aromatic carbocycles. The first-order chi connectivity index (χ1) is 6.60. The maximum absolute atomic E-state index is 10.8. The molecular weight excluding hydrogens is 182 g/mol. The molecule has 4 heteroatoms. The fourth-order valence-corrected chi connectivity index (χ4v) is 1.18. The van der Waals surface area contributed by atoms with Crippen LogP contribution in [-0.4, -0.2) is 49.3 Å². The van der Waals surface area contributed by atoms with E-state index < -0.39 is 0 Å². The third kappa shape index (κ3) is 6.86. The van der Waals surface area contributed by atoms with Crippen molar-refractivity contribution >= 4 is 5.97 Å². The molecule has 0 aliphatic rings. The molecule has 0 fully saturated rings. The van der Waals surface area contributed by atoms with Crippen LogP contribution in [0.4, 0.5) is 0 Å². The van der Waals surface area contributed by atoms with Gasteiger partial charge in [-0.25, -0.2) is 0 Å². The first-order valence-electron chi connectivity index (χ1n) is 5.03. The Kier molecular flexibility index (Phi) is 7.42. The van der Waals surface area contributed by atoms with Gasteiger partial charge in [-0.05, 0) is 26.4 Å². The first-order valence-corrected chi connectivity index (χ1v) is 5.03.